The lowest BCUT2D eigenvalue weighted by atomic mass is 10.1. The van der Waals surface area contributed by atoms with Crippen molar-refractivity contribution in [1.29, 1.82) is 0 Å². The minimum absolute atomic E-state index is 0.153. The van der Waals surface area contributed by atoms with Crippen molar-refractivity contribution in [3.05, 3.63) is 83.9 Å². The van der Waals surface area contributed by atoms with Crippen molar-refractivity contribution in [3.8, 4) is 17.2 Å². The molecular formula is C27H32N2O5S. The van der Waals surface area contributed by atoms with Gasteiger partial charge in [-0.2, -0.15) is 4.31 Å². The van der Waals surface area contributed by atoms with Gasteiger partial charge in [-0.25, -0.2) is 8.42 Å². The third-order valence-electron chi connectivity index (χ3n) is 6.09. The summed E-state index contributed by atoms with van der Waals surface area (Å²) >= 11 is 0. The van der Waals surface area contributed by atoms with Crippen LogP contribution in [0, 0.1) is 0 Å². The standard InChI is InChI=1S/C27H32N2O5S/c1-32-23-7-3-21(4-8-23)19-29(20-22-5-9-24(33-2)10-6-22)35(30,31)27-13-11-25(12-14-27)34-26-15-17-28-18-16-26/h3-14,26,28H,15-20H2,1-2H3. The Morgan fingerprint density at radius 3 is 1.66 bits per heavy atom. The van der Waals surface area contributed by atoms with Gasteiger partial charge in [-0.1, -0.05) is 24.3 Å². The van der Waals surface area contributed by atoms with Gasteiger partial charge < -0.3 is 19.5 Å². The van der Waals surface area contributed by atoms with Crippen LogP contribution in [0.3, 0.4) is 0 Å². The van der Waals surface area contributed by atoms with Crippen LogP contribution in [0.2, 0.25) is 0 Å². The molecule has 0 aromatic heterocycles. The molecule has 0 amide bonds. The zero-order valence-corrected chi connectivity index (χ0v) is 21.0. The Hall–Kier alpha value is -3.07. The van der Waals surface area contributed by atoms with Crippen molar-refractivity contribution in [1.82, 2.24) is 9.62 Å². The van der Waals surface area contributed by atoms with E-state index >= 15 is 0 Å². The Balaban J connectivity index is 1.56. The molecule has 0 atom stereocenters. The summed E-state index contributed by atoms with van der Waals surface area (Å²) in [5, 5.41) is 3.32. The number of sulfonamides is 1. The second kappa shape index (κ2) is 11.6. The maximum atomic E-state index is 13.7. The van der Waals surface area contributed by atoms with Gasteiger partial charge in [0.25, 0.3) is 0 Å². The lowest BCUT2D eigenvalue weighted by molar-refractivity contribution is 0.162. The molecule has 1 fully saturated rings. The molecular weight excluding hydrogens is 464 g/mol. The summed E-state index contributed by atoms with van der Waals surface area (Å²) < 4.78 is 45.4. The molecule has 186 valence electrons. The van der Waals surface area contributed by atoms with E-state index in [1.807, 2.05) is 48.5 Å². The Bertz CT molecular complexity index is 1120. The van der Waals surface area contributed by atoms with E-state index in [-0.39, 0.29) is 24.1 Å². The number of benzene rings is 3. The first-order chi connectivity index (χ1) is 17.0. The number of hydrogen-bond donors (Lipinski definition) is 1. The zero-order valence-electron chi connectivity index (χ0n) is 20.1. The fourth-order valence-electron chi connectivity index (χ4n) is 4.04. The molecule has 1 aliphatic rings. The summed E-state index contributed by atoms with van der Waals surface area (Å²) in [6.45, 7) is 2.32. The molecule has 1 N–H and O–H groups in total. The molecule has 3 aromatic rings. The Morgan fingerprint density at radius 1 is 0.743 bits per heavy atom. The maximum absolute atomic E-state index is 13.7. The summed E-state index contributed by atoms with van der Waals surface area (Å²) in [5.74, 6) is 2.14. The lowest BCUT2D eigenvalue weighted by Crippen LogP contribution is -2.34. The fraction of sp³-hybridized carbons (Fsp3) is 0.333. The van der Waals surface area contributed by atoms with E-state index in [0.29, 0.717) is 5.75 Å². The van der Waals surface area contributed by atoms with Gasteiger partial charge in [0.2, 0.25) is 10.0 Å². The molecule has 1 aliphatic heterocycles. The summed E-state index contributed by atoms with van der Waals surface area (Å²) in [5.41, 5.74) is 1.74. The molecule has 7 nitrogen and oxygen atoms in total. The highest BCUT2D eigenvalue weighted by Crippen LogP contribution is 2.26. The molecule has 1 saturated heterocycles. The lowest BCUT2D eigenvalue weighted by Gasteiger charge is -2.25. The third kappa shape index (κ3) is 6.54. The predicted octanol–water partition coefficient (Wildman–Crippen LogP) is 4.23. The van der Waals surface area contributed by atoms with E-state index < -0.39 is 10.0 Å². The van der Waals surface area contributed by atoms with Crippen molar-refractivity contribution in [3.63, 3.8) is 0 Å². The van der Waals surface area contributed by atoms with Crippen LogP contribution in [0.15, 0.2) is 77.7 Å². The summed E-state index contributed by atoms with van der Waals surface area (Å²) in [7, 11) is -0.563. The second-order valence-electron chi connectivity index (χ2n) is 8.51. The van der Waals surface area contributed by atoms with Crippen LogP contribution in [0.25, 0.3) is 0 Å². The first kappa shape index (κ1) is 25.0. The van der Waals surface area contributed by atoms with E-state index in [2.05, 4.69) is 5.32 Å². The molecule has 0 spiro atoms. The van der Waals surface area contributed by atoms with Gasteiger partial charge in [-0.15, -0.1) is 0 Å². The van der Waals surface area contributed by atoms with Crippen LogP contribution in [0.5, 0.6) is 17.2 Å². The van der Waals surface area contributed by atoms with Gasteiger partial charge in [0.1, 0.15) is 23.4 Å². The van der Waals surface area contributed by atoms with Crippen molar-refractivity contribution >= 4 is 10.0 Å². The minimum atomic E-state index is -3.77. The summed E-state index contributed by atoms with van der Waals surface area (Å²) in [6.07, 6.45) is 2.04. The van der Waals surface area contributed by atoms with Crippen LogP contribution < -0.4 is 19.5 Å². The average molecular weight is 497 g/mol. The molecule has 8 heteroatoms. The number of nitrogens with zero attached hydrogens (tertiary/aromatic N) is 1. The van der Waals surface area contributed by atoms with E-state index in [1.54, 1.807) is 38.5 Å². The first-order valence-electron chi connectivity index (χ1n) is 11.7. The topological polar surface area (TPSA) is 77.1 Å². The smallest absolute Gasteiger partial charge is 0.243 e. The number of nitrogens with one attached hydrogen (secondary N) is 1. The van der Waals surface area contributed by atoms with Crippen molar-refractivity contribution in [2.24, 2.45) is 0 Å². The van der Waals surface area contributed by atoms with Crippen LogP contribution in [-0.4, -0.2) is 46.1 Å². The quantitative estimate of drug-likeness (QED) is 0.453. The number of methoxy groups -OCH3 is 2. The number of rotatable bonds is 10. The number of hydrogen-bond acceptors (Lipinski definition) is 6. The van der Waals surface area contributed by atoms with E-state index in [4.69, 9.17) is 14.2 Å². The maximum Gasteiger partial charge on any atom is 0.243 e. The Kier molecular flexibility index (Phi) is 8.28. The highest BCUT2D eigenvalue weighted by atomic mass is 32.2. The van der Waals surface area contributed by atoms with E-state index in [1.165, 1.54) is 4.31 Å². The minimum Gasteiger partial charge on any atom is -0.497 e. The first-order valence-corrected chi connectivity index (χ1v) is 13.2. The molecule has 35 heavy (non-hydrogen) atoms. The fourth-order valence-corrected chi connectivity index (χ4v) is 5.46. The zero-order chi connectivity index (χ0) is 24.7. The molecule has 4 rings (SSSR count). The molecule has 0 radical (unpaired) electrons. The Morgan fingerprint density at radius 2 is 1.20 bits per heavy atom. The summed E-state index contributed by atoms with van der Waals surface area (Å²) in [4.78, 5) is 0.234. The van der Waals surface area contributed by atoms with Gasteiger partial charge in [-0.05, 0) is 85.6 Å². The molecule has 3 aromatic carbocycles. The van der Waals surface area contributed by atoms with Gasteiger partial charge >= 0.3 is 0 Å². The second-order valence-corrected chi connectivity index (χ2v) is 10.4. The van der Waals surface area contributed by atoms with Gasteiger partial charge in [0.15, 0.2) is 0 Å². The van der Waals surface area contributed by atoms with Crippen molar-refractivity contribution in [2.45, 2.75) is 36.9 Å². The van der Waals surface area contributed by atoms with Gasteiger partial charge in [0, 0.05) is 13.1 Å². The Labute approximate surface area is 207 Å². The highest BCUT2D eigenvalue weighted by Gasteiger charge is 2.25. The molecule has 0 unspecified atom stereocenters. The average Bonchev–Trinajstić information content (AvgIpc) is 2.90. The molecule has 0 bridgehead atoms. The van der Waals surface area contributed by atoms with Crippen molar-refractivity contribution < 1.29 is 22.6 Å². The van der Waals surface area contributed by atoms with Crippen LogP contribution in [-0.2, 0) is 23.1 Å². The van der Waals surface area contributed by atoms with Gasteiger partial charge in [-0.3, -0.25) is 0 Å². The van der Waals surface area contributed by atoms with E-state index in [0.717, 1.165) is 48.6 Å². The largest absolute Gasteiger partial charge is 0.497 e. The van der Waals surface area contributed by atoms with Crippen molar-refractivity contribution in [2.75, 3.05) is 27.3 Å². The SMILES string of the molecule is COc1ccc(CN(Cc2ccc(OC)cc2)S(=O)(=O)c2ccc(OC3CCNCC3)cc2)cc1. The molecule has 0 aliphatic carbocycles. The number of ether oxygens (including phenoxy) is 3. The highest BCUT2D eigenvalue weighted by molar-refractivity contribution is 7.89. The monoisotopic (exact) mass is 496 g/mol. The predicted molar refractivity (Wildman–Crippen MR) is 135 cm³/mol. The van der Waals surface area contributed by atoms with Crippen LogP contribution in [0.4, 0.5) is 0 Å². The third-order valence-corrected chi connectivity index (χ3v) is 7.89. The van der Waals surface area contributed by atoms with Gasteiger partial charge in [0.05, 0.1) is 19.1 Å². The molecule has 0 saturated carbocycles. The van der Waals surface area contributed by atoms with Crippen LogP contribution in [0.1, 0.15) is 24.0 Å². The number of piperidine rings is 1. The van der Waals surface area contributed by atoms with Crippen LogP contribution >= 0.6 is 0 Å². The molecule has 1 heterocycles. The van der Waals surface area contributed by atoms with E-state index in [9.17, 15) is 8.42 Å². The summed E-state index contributed by atoms with van der Waals surface area (Å²) in [6, 6.07) is 21.6. The normalized spacial score (nSPS) is 14.6.